The van der Waals surface area contributed by atoms with Gasteiger partial charge in [0.2, 0.25) is 0 Å². The molecule has 4 rings (SSSR count). The summed E-state index contributed by atoms with van der Waals surface area (Å²) in [5.74, 6) is -1.04. The van der Waals surface area contributed by atoms with Gasteiger partial charge in [0.25, 0.3) is 0 Å². The number of aromatic amines is 1. The monoisotopic (exact) mass is 405 g/mol. The van der Waals surface area contributed by atoms with Gasteiger partial charge in [-0.2, -0.15) is 10.2 Å². The molecule has 3 heterocycles. The molecule has 28 heavy (non-hydrogen) atoms. The Labute approximate surface area is 167 Å². The summed E-state index contributed by atoms with van der Waals surface area (Å²) in [6.07, 6.45) is 3.43. The molecule has 1 aromatic carbocycles. The van der Waals surface area contributed by atoms with Crippen molar-refractivity contribution < 1.29 is 8.78 Å². The fraction of sp³-hybridized carbons (Fsp3) is 0.400. The number of nitrogens with zero attached hydrogens (tertiary/aromatic N) is 4. The molecule has 148 valence electrons. The van der Waals surface area contributed by atoms with Gasteiger partial charge in [0.1, 0.15) is 16.8 Å². The van der Waals surface area contributed by atoms with Crippen LogP contribution in [-0.2, 0) is 13.6 Å². The second-order valence-corrected chi connectivity index (χ2v) is 7.70. The quantitative estimate of drug-likeness (QED) is 0.698. The molecule has 0 saturated carbocycles. The minimum absolute atomic E-state index is 0.0190. The van der Waals surface area contributed by atoms with E-state index in [0.29, 0.717) is 17.3 Å². The van der Waals surface area contributed by atoms with Gasteiger partial charge >= 0.3 is 0 Å². The van der Waals surface area contributed by atoms with Crippen molar-refractivity contribution in [2.24, 2.45) is 7.05 Å². The number of piperidine rings is 1. The third kappa shape index (κ3) is 3.44. The maximum Gasteiger partial charge on any atom is 0.134 e. The molecular weight excluding hydrogens is 384 g/mol. The summed E-state index contributed by atoms with van der Waals surface area (Å²) >= 11 is 6.38. The number of benzene rings is 1. The van der Waals surface area contributed by atoms with E-state index in [1.165, 1.54) is 24.4 Å². The van der Waals surface area contributed by atoms with Crippen molar-refractivity contribution in [1.82, 2.24) is 24.9 Å². The second kappa shape index (κ2) is 7.64. The molecule has 0 radical (unpaired) electrons. The predicted molar refractivity (Wildman–Crippen MR) is 104 cm³/mol. The van der Waals surface area contributed by atoms with Crippen molar-refractivity contribution in [3.8, 4) is 11.1 Å². The van der Waals surface area contributed by atoms with Gasteiger partial charge < -0.3 is 0 Å². The summed E-state index contributed by atoms with van der Waals surface area (Å²) in [6.45, 7) is 4.36. The smallest absolute Gasteiger partial charge is 0.134 e. The average molecular weight is 406 g/mol. The maximum atomic E-state index is 14.3. The molecule has 1 fully saturated rings. The van der Waals surface area contributed by atoms with Crippen molar-refractivity contribution >= 4 is 11.6 Å². The second-order valence-electron chi connectivity index (χ2n) is 7.35. The number of H-pyrrole nitrogens is 1. The van der Waals surface area contributed by atoms with Crippen LogP contribution in [0.15, 0.2) is 24.4 Å². The Hall–Kier alpha value is -2.25. The number of hydrogen-bond donors (Lipinski definition) is 1. The van der Waals surface area contributed by atoms with Gasteiger partial charge in [-0.15, -0.1) is 0 Å². The highest BCUT2D eigenvalue weighted by Crippen LogP contribution is 2.36. The largest absolute Gasteiger partial charge is 0.298 e. The Morgan fingerprint density at radius 1 is 1.29 bits per heavy atom. The van der Waals surface area contributed by atoms with Crippen LogP contribution < -0.4 is 0 Å². The lowest BCUT2D eigenvalue weighted by Crippen LogP contribution is -2.34. The molecule has 1 atom stereocenters. The number of likely N-dealkylation sites (tertiary alicyclic amines) is 1. The highest BCUT2D eigenvalue weighted by atomic mass is 35.5. The normalized spacial score (nSPS) is 18.0. The van der Waals surface area contributed by atoms with Crippen LogP contribution >= 0.6 is 11.6 Å². The number of rotatable bonds is 4. The first-order valence-electron chi connectivity index (χ1n) is 9.33. The van der Waals surface area contributed by atoms with Crippen LogP contribution in [0.1, 0.15) is 35.7 Å². The van der Waals surface area contributed by atoms with Crippen molar-refractivity contribution in [2.45, 2.75) is 32.2 Å². The van der Waals surface area contributed by atoms with Crippen LogP contribution in [0.5, 0.6) is 0 Å². The van der Waals surface area contributed by atoms with Gasteiger partial charge in [-0.3, -0.25) is 14.7 Å². The lowest BCUT2D eigenvalue weighted by atomic mass is 9.90. The van der Waals surface area contributed by atoms with Crippen molar-refractivity contribution in [1.29, 1.82) is 0 Å². The fourth-order valence-electron chi connectivity index (χ4n) is 4.07. The standard InChI is InChI=1S/C20H22ClF2N5/c1-12-15(20(21)27(2)26-12)11-28-8-4-5-13(10-28)19-14(9-24-25-19)18-16(22)6-3-7-17(18)23/h3,6-7,9,13H,4-5,8,10-11H2,1-2H3,(H,24,25). The minimum atomic E-state index is -0.576. The molecular formula is C20H22ClF2N5. The molecule has 0 bridgehead atoms. The van der Waals surface area contributed by atoms with Crippen LogP contribution in [0.2, 0.25) is 5.15 Å². The van der Waals surface area contributed by atoms with E-state index in [1.807, 2.05) is 14.0 Å². The van der Waals surface area contributed by atoms with Gasteiger partial charge in [-0.05, 0) is 38.4 Å². The van der Waals surface area contributed by atoms with E-state index in [4.69, 9.17) is 11.6 Å². The van der Waals surface area contributed by atoms with Crippen LogP contribution in [0.25, 0.3) is 11.1 Å². The summed E-state index contributed by atoms with van der Waals surface area (Å²) in [5.41, 5.74) is 3.20. The first-order chi connectivity index (χ1) is 13.5. The lowest BCUT2D eigenvalue weighted by Gasteiger charge is -2.32. The molecule has 8 heteroatoms. The zero-order valence-corrected chi connectivity index (χ0v) is 16.6. The molecule has 0 aliphatic carbocycles. The van der Waals surface area contributed by atoms with E-state index in [1.54, 1.807) is 4.68 Å². The third-order valence-electron chi connectivity index (χ3n) is 5.47. The van der Waals surface area contributed by atoms with Gasteiger partial charge in [-0.25, -0.2) is 8.78 Å². The van der Waals surface area contributed by atoms with Gasteiger partial charge in [0.15, 0.2) is 0 Å². The Morgan fingerprint density at radius 3 is 2.71 bits per heavy atom. The van der Waals surface area contributed by atoms with E-state index < -0.39 is 11.6 Å². The molecule has 1 aliphatic heterocycles. The zero-order chi connectivity index (χ0) is 19.8. The van der Waals surface area contributed by atoms with E-state index in [-0.39, 0.29) is 11.5 Å². The highest BCUT2D eigenvalue weighted by Gasteiger charge is 2.28. The summed E-state index contributed by atoms with van der Waals surface area (Å²) in [4.78, 5) is 2.31. The van der Waals surface area contributed by atoms with Gasteiger partial charge in [0, 0.05) is 42.9 Å². The lowest BCUT2D eigenvalue weighted by molar-refractivity contribution is 0.198. The van der Waals surface area contributed by atoms with E-state index in [2.05, 4.69) is 20.2 Å². The first kappa shape index (κ1) is 19.1. The molecule has 1 saturated heterocycles. The summed E-state index contributed by atoms with van der Waals surface area (Å²) in [6, 6.07) is 3.92. The Bertz CT molecular complexity index is 976. The molecule has 1 unspecified atom stereocenters. The van der Waals surface area contributed by atoms with Crippen molar-refractivity contribution in [3.63, 3.8) is 0 Å². The molecule has 0 amide bonds. The molecule has 1 N–H and O–H groups in total. The number of nitrogens with one attached hydrogen (secondary N) is 1. The highest BCUT2D eigenvalue weighted by molar-refractivity contribution is 6.30. The number of hydrogen-bond acceptors (Lipinski definition) is 3. The van der Waals surface area contributed by atoms with Gasteiger partial charge in [-0.1, -0.05) is 17.7 Å². The van der Waals surface area contributed by atoms with Crippen LogP contribution in [0, 0.1) is 18.6 Å². The van der Waals surface area contributed by atoms with Crippen molar-refractivity contribution in [2.75, 3.05) is 13.1 Å². The van der Waals surface area contributed by atoms with E-state index >= 15 is 0 Å². The van der Waals surface area contributed by atoms with Crippen LogP contribution in [0.3, 0.4) is 0 Å². The van der Waals surface area contributed by atoms with E-state index in [0.717, 1.165) is 42.9 Å². The number of aryl methyl sites for hydroxylation is 2. The van der Waals surface area contributed by atoms with Crippen LogP contribution in [-0.4, -0.2) is 38.0 Å². The zero-order valence-electron chi connectivity index (χ0n) is 15.8. The fourth-order valence-corrected chi connectivity index (χ4v) is 4.31. The molecule has 2 aromatic heterocycles. The maximum absolute atomic E-state index is 14.3. The minimum Gasteiger partial charge on any atom is -0.298 e. The number of aromatic nitrogens is 4. The first-order valence-corrected chi connectivity index (χ1v) is 9.71. The average Bonchev–Trinajstić information content (AvgIpc) is 3.23. The van der Waals surface area contributed by atoms with Crippen molar-refractivity contribution in [3.05, 3.63) is 58.1 Å². The topological polar surface area (TPSA) is 49.7 Å². The van der Waals surface area contributed by atoms with Gasteiger partial charge in [0.05, 0.1) is 17.5 Å². The Balaban J connectivity index is 1.59. The third-order valence-corrected chi connectivity index (χ3v) is 5.94. The van der Waals surface area contributed by atoms with E-state index in [9.17, 15) is 8.78 Å². The summed E-state index contributed by atoms with van der Waals surface area (Å²) in [5, 5.41) is 12.1. The summed E-state index contributed by atoms with van der Waals surface area (Å²) in [7, 11) is 1.83. The molecule has 5 nitrogen and oxygen atoms in total. The summed E-state index contributed by atoms with van der Waals surface area (Å²) < 4.78 is 30.3. The Morgan fingerprint density at radius 2 is 2.04 bits per heavy atom. The SMILES string of the molecule is Cc1nn(C)c(Cl)c1CN1CCCC(c2[nH]ncc2-c2c(F)cccc2F)C1. The molecule has 0 spiro atoms. The molecule has 1 aliphatic rings. The predicted octanol–water partition coefficient (Wildman–Crippen LogP) is 4.43. The number of halogens is 3. The Kier molecular flexibility index (Phi) is 5.21. The van der Waals surface area contributed by atoms with Crippen LogP contribution in [0.4, 0.5) is 8.78 Å². The molecule has 3 aromatic rings.